The van der Waals surface area contributed by atoms with Crippen molar-refractivity contribution in [2.45, 2.75) is 51.9 Å². The Morgan fingerprint density at radius 3 is 2.61 bits per heavy atom. The number of carbonyl (C=O) groups excluding carboxylic acids is 1. The summed E-state index contributed by atoms with van der Waals surface area (Å²) in [4.78, 5) is 15.3. The number of hydrogen-bond donors (Lipinski definition) is 0. The lowest BCUT2D eigenvalue weighted by atomic mass is 9.75. The molecule has 3 heteroatoms. The lowest BCUT2D eigenvalue weighted by Crippen LogP contribution is -2.42. The molecule has 1 amide bonds. The van der Waals surface area contributed by atoms with E-state index in [0.29, 0.717) is 0 Å². The number of nitrogens with zero attached hydrogens (tertiary/aromatic N) is 1. The minimum Gasteiger partial charge on any atom is -0.381 e. The lowest BCUT2D eigenvalue weighted by Gasteiger charge is -2.34. The van der Waals surface area contributed by atoms with E-state index in [0.717, 1.165) is 51.1 Å². The summed E-state index contributed by atoms with van der Waals surface area (Å²) in [6, 6.07) is 15.3. The van der Waals surface area contributed by atoms with Gasteiger partial charge in [0.05, 0.1) is 0 Å². The third kappa shape index (κ3) is 3.37. The average Bonchev–Trinajstić information content (AvgIpc) is 3.01. The molecule has 0 N–H and O–H groups in total. The molecule has 2 aromatic rings. The van der Waals surface area contributed by atoms with Crippen LogP contribution in [-0.2, 0) is 14.9 Å². The van der Waals surface area contributed by atoms with Gasteiger partial charge in [-0.15, -0.1) is 0 Å². The molecule has 4 rings (SSSR count). The van der Waals surface area contributed by atoms with Crippen LogP contribution in [0.4, 0.5) is 5.69 Å². The molecule has 1 saturated heterocycles. The van der Waals surface area contributed by atoms with Crippen LogP contribution in [0.2, 0.25) is 0 Å². The van der Waals surface area contributed by atoms with Gasteiger partial charge in [-0.05, 0) is 55.0 Å². The molecule has 2 aliphatic heterocycles. The Morgan fingerprint density at radius 1 is 1.14 bits per heavy atom. The smallest absolute Gasteiger partial charge is 0.229 e. The molecule has 0 saturated carbocycles. The van der Waals surface area contributed by atoms with Crippen molar-refractivity contribution in [1.29, 1.82) is 0 Å². The second-order valence-electron chi connectivity index (χ2n) is 8.61. The van der Waals surface area contributed by atoms with Crippen LogP contribution in [0.5, 0.6) is 0 Å². The van der Waals surface area contributed by atoms with Crippen LogP contribution in [0.3, 0.4) is 0 Å². The molecule has 0 unspecified atom stereocenters. The van der Waals surface area contributed by atoms with Crippen molar-refractivity contribution in [2.24, 2.45) is 5.92 Å². The first-order valence-electron chi connectivity index (χ1n) is 10.6. The van der Waals surface area contributed by atoms with Crippen LogP contribution in [0, 0.1) is 12.8 Å². The molecule has 2 aromatic carbocycles. The fourth-order valence-electron chi connectivity index (χ4n) is 4.88. The van der Waals surface area contributed by atoms with E-state index >= 15 is 0 Å². The SMILES string of the molecule is CCC[C@@H](C)C(=O)N1CC2(CCOCC2)c2cc(-c3cccc(C)c3)ccc21. The van der Waals surface area contributed by atoms with E-state index in [9.17, 15) is 4.79 Å². The first-order chi connectivity index (χ1) is 13.5. The number of anilines is 1. The predicted octanol–water partition coefficient (Wildman–Crippen LogP) is 5.49. The summed E-state index contributed by atoms with van der Waals surface area (Å²) in [6.45, 7) is 8.71. The number of hydrogen-bond acceptors (Lipinski definition) is 2. The topological polar surface area (TPSA) is 29.5 Å². The summed E-state index contributed by atoms with van der Waals surface area (Å²) in [7, 11) is 0. The van der Waals surface area contributed by atoms with Gasteiger partial charge in [-0.1, -0.05) is 56.2 Å². The highest BCUT2D eigenvalue weighted by molar-refractivity contribution is 5.98. The number of benzene rings is 2. The van der Waals surface area contributed by atoms with E-state index in [1.54, 1.807) is 0 Å². The monoisotopic (exact) mass is 377 g/mol. The fourth-order valence-corrected chi connectivity index (χ4v) is 4.88. The van der Waals surface area contributed by atoms with Crippen molar-refractivity contribution in [2.75, 3.05) is 24.7 Å². The number of carbonyl (C=O) groups is 1. The number of amides is 1. The van der Waals surface area contributed by atoms with Crippen LogP contribution in [-0.4, -0.2) is 25.7 Å². The standard InChI is InChI=1S/C25H31NO2/c1-4-6-19(3)24(27)26-17-25(11-13-28-14-12-25)22-16-21(9-10-23(22)26)20-8-5-7-18(2)15-20/h5,7-10,15-16,19H,4,6,11-14,17H2,1-3H3/t19-/m1/s1. The molecule has 0 aromatic heterocycles. The van der Waals surface area contributed by atoms with Gasteiger partial charge in [0.2, 0.25) is 5.91 Å². The number of ether oxygens (including phenoxy) is 1. The Kier molecular flexibility index (Phi) is 5.29. The molecule has 148 valence electrons. The fraction of sp³-hybridized carbons (Fsp3) is 0.480. The summed E-state index contributed by atoms with van der Waals surface area (Å²) in [5.41, 5.74) is 6.25. The number of rotatable bonds is 4. The van der Waals surface area contributed by atoms with Crippen molar-refractivity contribution >= 4 is 11.6 Å². The molecule has 2 aliphatic rings. The van der Waals surface area contributed by atoms with Gasteiger partial charge in [-0.25, -0.2) is 0 Å². The van der Waals surface area contributed by atoms with E-state index in [2.05, 4.69) is 68.1 Å². The average molecular weight is 378 g/mol. The molecular weight excluding hydrogens is 346 g/mol. The van der Waals surface area contributed by atoms with Gasteiger partial charge in [0.15, 0.2) is 0 Å². The summed E-state index contributed by atoms with van der Waals surface area (Å²) < 4.78 is 5.68. The van der Waals surface area contributed by atoms with E-state index in [4.69, 9.17) is 4.74 Å². The zero-order chi connectivity index (χ0) is 19.7. The molecule has 0 bridgehead atoms. The largest absolute Gasteiger partial charge is 0.381 e. The van der Waals surface area contributed by atoms with Gasteiger partial charge < -0.3 is 9.64 Å². The van der Waals surface area contributed by atoms with Crippen molar-refractivity contribution in [3.05, 3.63) is 53.6 Å². The number of fused-ring (bicyclic) bond motifs is 2. The highest BCUT2D eigenvalue weighted by Gasteiger charge is 2.46. The van der Waals surface area contributed by atoms with E-state index in [1.807, 2.05) is 0 Å². The van der Waals surface area contributed by atoms with Crippen LogP contribution < -0.4 is 4.90 Å². The Balaban J connectivity index is 1.76. The zero-order valence-corrected chi connectivity index (χ0v) is 17.3. The molecule has 1 atom stereocenters. The summed E-state index contributed by atoms with van der Waals surface area (Å²) in [5.74, 6) is 0.346. The molecular formula is C25H31NO2. The molecule has 2 heterocycles. The van der Waals surface area contributed by atoms with Crippen molar-refractivity contribution in [1.82, 2.24) is 0 Å². The first-order valence-corrected chi connectivity index (χ1v) is 10.6. The van der Waals surface area contributed by atoms with Crippen molar-refractivity contribution in [3.63, 3.8) is 0 Å². The maximum atomic E-state index is 13.2. The van der Waals surface area contributed by atoms with Crippen molar-refractivity contribution < 1.29 is 9.53 Å². The second-order valence-corrected chi connectivity index (χ2v) is 8.61. The third-order valence-corrected chi connectivity index (χ3v) is 6.53. The summed E-state index contributed by atoms with van der Waals surface area (Å²) in [6.07, 6.45) is 3.97. The molecule has 3 nitrogen and oxygen atoms in total. The highest BCUT2D eigenvalue weighted by atomic mass is 16.5. The Labute approximate surface area is 168 Å². The molecule has 0 aliphatic carbocycles. The molecule has 1 spiro atoms. The maximum absolute atomic E-state index is 13.2. The van der Waals surface area contributed by atoms with Gasteiger partial charge in [0, 0.05) is 36.8 Å². The molecule has 1 fully saturated rings. The predicted molar refractivity (Wildman–Crippen MR) is 115 cm³/mol. The summed E-state index contributed by atoms with van der Waals surface area (Å²) >= 11 is 0. The maximum Gasteiger partial charge on any atom is 0.229 e. The van der Waals surface area contributed by atoms with Crippen LogP contribution in [0.25, 0.3) is 11.1 Å². The highest BCUT2D eigenvalue weighted by Crippen LogP contribution is 2.48. The van der Waals surface area contributed by atoms with Crippen LogP contribution in [0.1, 0.15) is 50.7 Å². The zero-order valence-electron chi connectivity index (χ0n) is 17.3. The van der Waals surface area contributed by atoms with E-state index < -0.39 is 0 Å². The number of aryl methyl sites for hydroxylation is 1. The van der Waals surface area contributed by atoms with Gasteiger partial charge in [-0.3, -0.25) is 4.79 Å². The molecule has 0 radical (unpaired) electrons. The Bertz CT molecular complexity index is 867. The van der Waals surface area contributed by atoms with E-state index in [-0.39, 0.29) is 17.2 Å². The van der Waals surface area contributed by atoms with Crippen LogP contribution >= 0.6 is 0 Å². The lowest BCUT2D eigenvalue weighted by molar-refractivity contribution is -0.122. The van der Waals surface area contributed by atoms with E-state index in [1.165, 1.54) is 22.3 Å². The third-order valence-electron chi connectivity index (χ3n) is 6.53. The van der Waals surface area contributed by atoms with Crippen molar-refractivity contribution in [3.8, 4) is 11.1 Å². The quantitative estimate of drug-likeness (QED) is 0.705. The van der Waals surface area contributed by atoms with Gasteiger partial charge in [0.1, 0.15) is 0 Å². The van der Waals surface area contributed by atoms with Gasteiger partial charge in [-0.2, -0.15) is 0 Å². The Hall–Kier alpha value is -2.13. The summed E-state index contributed by atoms with van der Waals surface area (Å²) in [5, 5.41) is 0. The van der Waals surface area contributed by atoms with Crippen LogP contribution in [0.15, 0.2) is 42.5 Å². The van der Waals surface area contributed by atoms with Gasteiger partial charge in [0.25, 0.3) is 0 Å². The Morgan fingerprint density at radius 2 is 1.89 bits per heavy atom. The second kappa shape index (κ2) is 7.71. The first kappa shape index (κ1) is 19.2. The van der Waals surface area contributed by atoms with Gasteiger partial charge >= 0.3 is 0 Å². The molecule has 28 heavy (non-hydrogen) atoms. The minimum atomic E-state index is 0.0367. The normalized spacial score (nSPS) is 18.9. The minimum absolute atomic E-state index is 0.0367.